The summed E-state index contributed by atoms with van der Waals surface area (Å²) >= 11 is 0. The number of nitrogens with zero attached hydrogens (tertiary/aromatic N) is 1. The van der Waals surface area contributed by atoms with Gasteiger partial charge in [0.2, 0.25) is 5.91 Å². The van der Waals surface area contributed by atoms with Gasteiger partial charge in [-0.15, -0.1) is 0 Å². The second-order valence-electron chi connectivity index (χ2n) is 5.14. The number of hydrogen-bond acceptors (Lipinski definition) is 2. The highest BCUT2D eigenvalue weighted by molar-refractivity contribution is 5.92. The summed E-state index contributed by atoms with van der Waals surface area (Å²) in [7, 11) is 0. The Hall–Kier alpha value is -1.88. The van der Waals surface area contributed by atoms with Crippen LogP contribution < -0.4 is 26.9 Å². The maximum absolute atomic E-state index is 11.9. The molecule has 5 heteroatoms. The molecule has 0 aliphatic heterocycles. The van der Waals surface area contributed by atoms with Crippen LogP contribution >= 0.6 is 0 Å². The van der Waals surface area contributed by atoms with Crippen LogP contribution in [0.25, 0.3) is 0 Å². The summed E-state index contributed by atoms with van der Waals surface area (Å²) in [6, 6.07) is 11.1. The number of nitrogens with one attached hydrogen (secondary N) is 1. The Bertz CT molecular complexity index is 603. The molecule has 4 nitrogen and oxygen atoms in total. The molecule has 0 aliphatic rings. The van der Waals surface area contributed by atoms with E-state index in [2.05, 4.69) is 9.88 Å². The van der Waals surface area contributed by atoms with Crippen LogP contribution in [0.1, 0.15) is 24.8 Å². The number of phenolic OH excluding ortho intramolecular Hbond substituents is 1. The number of carbonyl (C=O) groups excluding carboxylic acids is 1. The van der Waals surface area contributed by atoms with E-state index in [4.69, 9.17) is 0 Å². The lowest BCUT2D eigenvalue weighted by Gasteiger charge is -2.07. The number of unbranched alkanes of at least 4 members (excludes halogenated alkanes) is 1. The Morgan fingerprint density at radius 1 is 1.18 bits per heavy atom. The third kappa shape index (κ3) is 5.85. The monoisotopic (exact) mass is 364 g/mol. The molecule has 22 heavy (non-hydrogen) atoms. The van der Waals surface area contributed by atoms with Crippen LogP contribution in [0.4, 0.5) is 5.69 Å². The Labute approximate surface area is 141 Å². The molecule has 1 aromatic heterocycles. The van der Waals surface area contributed by atoms with Crippen LogP contribution in [0.2, 0.25) is 0 Å². The number of phenols is 1. The average Bonchev–Trinajstić information content (AvgIpc) is 2.48. The number of aromatic hydroxyl groups is 1. The zero-order valence-electron chi connectivity index (χ0n) is 12.6. The zero-order valence-corrected chi connectivity index (χ0v) is 14.2. The van der Waals surface area contributed by atoms with Crippen LogP contribution in [-0.2, 0) is 11.3 Å². The molecule has 2 aromatic rings. The molecule has 0 fully saturated rings. The lowest BCUT2D eigenvalue weighted by Crippen LogP contribution is -3.00. The Morgan fingerprint density at radius 3 is 2.64 bits per heavy atom. The molecule has 0 saturated heterocycles. The number of aryl methyl sites for hydroxylation is 2. The van der Waals surface area contributed by atoms with Gasteiger partial charge in [0, 0.05) is 25.0 Å². The Morgan fingerprint density at radius 2 is 1.91 bits per heavy atom. The normalized spacial score (nSPS) is 9.86. The van der Waals surface area contributed by atoms with E-state index in [1.54, 1.807) is 12.1 Å². The van der Waals surface area contributed by atoms with Gasteiger partial charge in [0.15, 0.2) is 12.4 Å². The summed E-state index contributed by atoms with van der Waals surface area (Å²) < 4.78 is 2.10. The minimum Gasteiger partial charge on any atom is -1.00 e. The quantitative estimate of drug-likeness (QED) is 0.423. The van der Waals surface area contributed by atoms with Crippen molar-refractivity contribution in [1.29, 1.82) is 0 Å². The van der Waals surface area contributed by atoms with Gasteiger partial charge >= 0.3 is 0 Å². The van der Waals surface area contributed by atoms with Gasteiger partial charge in [-0.25, -0.2) is 4.57 Å². The molecule has 1 amide bonds. The number of aromatic nitrogens is 1. The van der Waals surface area contributed by atoms with Crippen LogP contribution in [0.15, 0.2) is 48.8 Å². The standard InChI is InChI=1S/C17H20N2O2.BrH/c1-14-8-9-16(20)15(13-14)18-17(21)7-3-6-12-19-10-4-2-5-11-19;/h2,4-5,8-11,13H,3,6-7,12H2,1H3,(H-,18,20,21);1H. The molecule has 0 radical (unpaired) electrons. The van der Waals surface area contributed by atoms with Gasteiger partial charge in [-0.05, 0) is 31.0 Å². The van der Waals surface area contributed by atoms with Crippen molar-refractivity contribution in [2.24, 2.45) is 0 Å². The van der Waals surface area contributed by atoms with Crippen molar-refractivity contribution in [3.05, 3.63) is 54.4 Å². The first-order valence-corrected chi connectivity index (χ1v) is 7.19. The Balaban J connectivity index is 0.00000242. The molecule has 0 unspecified atom stereocenters. The van der Waals surface area contributed by atoms with E-state index >= 15 is 0 Å². The molecule has 0 aliphatic carbocycles. The number of amides is 1. The highest BCUT2D eigenvalue weighted by atomic mass is 79.9. The fraction of sp³-hybridized carbons (Fsp3) is 0.294. The van der Waals surface area contributed by atoms with Gasteiger partial charge in [0.25, 0.3) is 0 Å². The first kappa shape index (κ1) is 18.2. The summed E-state index contributed by atoms with van der Waals surface area (Å²) in [5.74, 6) is 0.0442. The van der Waals surface area contributed by atoms with Crippen LogP contribution in [0.5, 0.6) is 5.75 Å². The van der Waals surface area contributed by atoms with E-state index in [-0.39, 0.29) is 28.6 Å². The predicted molar refractivity (Wildman–Crippen MR) is 82.0 cm³/mol. The van der Waals surface area contributed by atoms with Crippen LogP contribution in [-0.4, -0.2) is 11.0 Å². The molecule has 2 N–H and O–H groups in total. The lowest BCUT2D eigenvalue weighted by atomic mass is 10.2. The zero-order chi connectivity index (χ0) is 15.1. The number of carbonyl (C=O) groups is 1. The molecule has 0 atom stereocenters. The molecular weight excluding hydrogens is 344 g/mol. The average molecular weight is 365 g/mol. The van der Waals surface area contributed by atoms with Crippen LogP contribution in [0, 0.1) is 6.92 Å². The summed E-state index contributed by atoms with van der Waals surface area (Å²) in [5, 5.41) is 12.4. The molecule has 118 valence electrons. The van der Waals surface area contributed by atoms with Crippen LogP contribution in [0.3, 0.4) is 0 Å². The minimum atomic E-state index is -0.0611. The van der Waals surface area contributed by atoms with E-state index in [9.17, 15) is 9.90 Å². The van der Waals surface area contributed by atoms with Crippen molar-refractivity contribution >= 4 is 11.6 Å². The van der Waals surface area contributed by atoms with Gasteiger partial charge in [-0.2, -0.15) is 0 Å². The number of anilines is 1. The third-order valence-corrected chi connectivity index (χ3v) is 3.27. The number of benzene rings is 1. The Kier molecular flexibility index (Phi) is 7.60. The lowest BCUT2D eigenvalue weighted by molar-refractivity contribution is -0.697. The maximum Gasteiger partial charge on any atom is 0.224 e. The fourth-order valence-corrected chi connectivity index (χ4v) is 2.13. The van der Waals surface area contributed by atoms with E-state index in [0.29, 0.717) is 12.1 Å². The van der Waals surface area contributed by atoms with Crippen molar-refractivity contribution < 1.29 is 31.4 Å². The predicted octanol–water partition coefficient (Wildman–Crippen LogP) is -0.199. The minimum absolute atomic E-state index is 0. The van der Waals surface area contributed by atoms with Crippen molar-refractivity contribution in [2.45, 2.75) is 32.7 Å². The van der Waals surface area contributed by atoms with E-state index in [1.165, 1.54) is 0 Å². The number of rotatable bonds is 6. The summed E-state index contributed by atoms with van der Waals surface area (Å²) in [6.45, 7) is 2.83. The number of pyridine rings is 1. The van der Waals surface area contributed by atoms with Crippen molar-refractivity contribution in [2.75, 3.05) is 5.32 Å². The first-order chi connectivity index (χ1) is 10.1. The van der Waals surface area contributed by atoms with Gasteiger partial charge in [-0.1, -0.05) is 12.1 Å². The molecule has 2 rings (SSSR count). The first-order valence-electron chi connectivity index (χ1n) is 7.19. The van der Waals surface area contributed by atoms with Gasteiger partial charge in [0.05, 0.1) is 5.69 Å². The highest BCUT2D eigenvalue weighted by Crippen LogP contribution is 2.23. The molecular formula is C17H21BrN2O2. The van der Waals surface area contributed by atoms with E-state index < -0.39 is 0 Å². The van der Waals surface area contributed by atoms with E-state index in [0.717, 1.165) is 24.9 Å². The molecule has 0 saturated carbocycles. The largest absolute Gasteiger partial charge is 1.00 e. The third-order valence-electron chi connectivity index (χ3n) is 3.27. The smallest absolute Gasteiger partial charge is 0.224 e. The molecule has 1 heterocycles. The highest BCUT2D eigenvalue weighted by Gasteiger charge is 2.07. The van der Waals surface area contributed by atoms with E-state index in [1.807, 2.05) is 43.6 Å². The fourth-order valence-electron chi connectivity index (χ4n) is 2.13. The molecule has 0 bridgehead atoms. The van der Waals surface area contributed by atoms with Gasteiger partial charge in [0.1, 0.15) is 12.3 Å². The summed E-state index contributed by atoms with van der Waals surface area (Å²) in [4.78, 5) is 11.9. The van der Waals surface area contributed by atoms with Crippen molar-refractivity contribution in [1.82, 2.24) is 0 Å². The summed E-state index contributed by atoms with van der Waals surface area (Å²) in [6.07, 6.45) is 6.26. The van der Waals surface area contributed by atoms with Crippen molar-refractivity contribution in [3.8, 4) is 5.75 Å². The topological polar surface area (TPSA) is 53.2 Å². The van der Waals surface area contributed by atoms with Gasteiger partial charge in [-0.3, -0.25) is 4.79 Å². The number of halogens is 1. The number of hydrogen-bond donors (Lipinski definition) is 2. The van der Waals surface area contributed by atoms with Gasteiger partial charge < -0.3 is 27.4 Å². The molecule has 0 spiro atoms. The second kappa shape index (κ2) is 9.20. The maximum atomic E-state index is 11.9. The van der Waals surface area contributed by atoms with Crippen molar-refractivity contribution in [3.63, 3.8) is 0 Å². The SMILES string of the molecule is Cc1ccc(O)c(NC(=O)CCCC[n+]2ccccc2)c1.[Br-]. The second-order valence-corrected chi connectivity index (χ2v) is 5.14. The molecule has 1 aromatic carbocycles. The summed E-state index contributed by atoms with van der Waals surface area (Å²) in [5.41, 5.74) is 1.49.